The van der Waals surface area contributed by atoms with E-state index < -0.39 is 0 Å². The Morgan fingerprint density at radius 3 is 3.00 bits per heavy atom. The second-order valence-corrected chi connectivity index (χ2v) is 5.21. The Balaban J connectivity index is 2.07. The summed E-state index contributed by atoms with van der Waals surface area (Å²) < 4.78 is 0. The fraction of sp³-hybridized carbons (Fsp3) is 0.538. The van der Waals surface area contributed by atoms with Crippen molar-refractivity contribution in [3.63, 3.8) is 0 Å². The molecule has 1 fully saturated rings. The molecule has 2 heterocycles. The number of hydrogen-bond donors (Lipinski definition) is 2. The lowest BCUT2D eigenvalue weighted by Gasteiger charge is -2.26. The number of anilines is 1. The fourth-order valence-corrected chi connectivity index (χ4v) is 2.55. The first kappa shape index (κ1) is 13.3. The highest BCUT2D eigenvalue weighted by Crippen LogP contribution is 2.32. The Labute approximate surface area is 112 Å². The third-order valence-corrected chi connectivity index (χ3v) is 3.65. The van der Waals surface area contributed by atoms with E-state index >= 15 is 0 Å². The monoisotopic (exact) mass is 267 g/mol. The second kappa shape index (κ2) is 5.67. The zero-order chi connectivity index (χ0) is 13.0. The molecule has 1 aromatic heterocycles. The lowest BCUT2D eigenvalue weighted by atomic mass is 9.81. The van der Waals surface area contributed by atoms with Crippen molar-refractivity contribution >= 4 is 23.3 Å². The normalized spacial score (nSPS) is 23.0. The SMILES string of the molecule is CCCC1(C(=O)Nc2ccc(Cl)cn2)CCNC1. The van der Waals surface area contributed by atoms with Crippen molar-refractivity contribution in [3.05, 3.63) is 23.4 Å². The molecule has 0 aliphatic carbocycles. The van der Waals surface area contributed by atoms with Crippen LogP contribution in [0.15, 0.2) is 18.3 Å². The van der Waals surface area contributed by atoms with E-state index in [1.54, 1.807) is 12.1 Å². The van der Waals surface area contributed by atoms with Gasteiger partial charge >= 0.3 is 0 Å². The smallest absolute Gasteiger partial charge is 0.233 e. The van der Waals surface area contributed by atoms with Crippen molar-refractivity contribution in [1.29, 1.82) is 0 Å². The Kier molecular flexibility index (Phi) is 4.19. The minimum Gasteiger partial charge on any atom is -0.316 e. The fourth-order valence-electron chi connectivity index (χ4n) is 2.44. The highest BCUT2D eigenvalue weighted by molar-refractivity contribution is 6.30. The van der Waals surface area contributed by atoms with Gasteiger partial charge < -0.3 is 10.6 Å². The van der Waals surface area contributed by atoms with Crippen LogP contribution in [0.2, 0.25) is 5.02 Å². The number of carbonyl (C=O) groups is 1. The molecule has 0 radical (unpaired) electrons. The third kappa shape index (κ3) is 2.82. The molecule has 2 N–H and O–H groups in total. The van der Waals surface area contributed by atoms with Crippen molar-refractivity contribution in [2.45, 2.75) is 26.2 Å². The summed E-state index contributed by atoms with van der Waals surface area (Å²) in [5.74, 6) is 0.621. The summed E-state index contributed by atoms with van der Waals surface area (Å²) in [4.78, 5) is 16.5. The summed E-state index contributed by atoms with van der Waals surface area (Å²) in [5.41, 5.74) is -0.282. The molecule has 1 saturated heterocycles. The summed E-state index contributed by atoms with van der Waals surface area (Å²) in [6.07, 6.45) is 4.33. The second-order valence-electron chi connectivity index (χ2n) is 4.77. The van der Waals surface area contributed by atoms with Gasteiger partial charge in [0, 0.05) is 12.7 Å². The maximum absolute atomic E-state index is 12.4. The number of amides is 1. The highest BCUT2D eigenvalue weighted by atomic mass is 35.5. The maximum Gasteiger partial charge on any atom is 0.233 e. The third-order valence-electron chi connectivity index (χ3n) is 3.42. The van der Waals surface area contributed by atoms with Crippen LogP contribution in [0.3, 0.4) is 0 Å². The Bertz CT molecular complexity index is 413. The van der Waals surface area contributed by atoms with Gasteiger partial charge in [-0.05, 0) is 31.5 Å². The van der Waals surface area contributed by atoms with Crippen molar-refractivity contribution in [2.75, 3.05) is 18.4 Å². The largest absolute Gasteiger partial charge is 0.316 e. The minimum atomic E-state index is -0.282. The van der Waals surface area contributed by atoms with Gasteiger partial charge in [-0.15, -0.1) is 0 Å². The lowest BCUT2D eigenvalue weighted by Crippen LogP contribution is -2.38. The predicted octanol–water partition coefficient (Wildman–Crippen LogP) is 2.45. The number of nitrogens with zero attached hydrogens (tertiary/aromatic N) is 1. The van der Waals surface area contributed by atoms with Crippen LogP contribution in [0.4, 0.5) is 5.82 Å². The summed E-state index contributed by atoms with van der Waals surface area (Å²) in [5, 5.41) is 6.73. The quantitative estimate of drug-likeness (QED) is 0.881. The summed E-state index contributed by atoms with van der Waals surface area (Å²) >= 11 is 5.77. The maximum atomic E-state index is 12.4. The van der Waals surface area contributed by atoms with Gasteiger partial charge in [0.25, 0.3) is 0 Å². The molecule has 5 heteroatoms. The zero-order valence-corrected chi connectivity index (χ0v) is 11.3. The molecule has 18 heavy (non-hydrogen) atoms. The Morgan fingerprint density at radius 2 is 2.44 bits per heavy atom. The number of halogens is 1. The molecule has 0 spiro atoms. The van der Waals surface area contributed by atoms with Crippen molar-refractivity contribution in [1.82, 2.24) is 10.3 Å². The zero-order valence-electron chi connectivity index (χ0n) is 10.5. The Morgan fingerprint density at radius 1 is 1.61 bits per heavy atom. The van der Waals surface area contributed by atoms with Crippen LogP contribution >= 0.6 is 11.6 Å². The predicted molar refractivity (Wildman–Crippen MR) is 72.7 cm³/mol. The molecule has 2 rings (SSSR count). The van der Waals surface area contributed by atoms with Gasteiger partial charge in [-0.1, -0.05) is 24.9 Å². The van der Waals surface area contributed by atoms with Crippen LogP contribution in [0.25, 0.3) is 0 Å². The van der Waals surface area contributed by atoms with E-state index in [0.29, 0.717) is 10.8 Å². The van der Waals surface area contributed by atoms with E-state index in [0.717, 1.165) is 32.4 Å². The number of carbonyl (C=O) groups excluding carboxylic acids is 1. The van der Waals surface area contributed by atoms with Crippen molar-refractivity contribution < 1.29 is 4.79 Å². The van der Waals surface area contributed by atoms with E-state index in [-0.39, 0.29) is 11.3 Å². The first-order valence-corrected chi connectivity index (χ1v) is 6.68. The molecule has 1 amide bonds. The summed E-state index contributed by atoms with van der Waals surface area (Å²) in [6.45, 7) is 3.76. The molecule has 0 aromatic carbocycles. The number of pyridine rings is 1. The number of aromatic nitrogens is 1. The van der Waals surface area contributed by atoms with E-state index in [9.17, 15) is 4.79 Å². The Hall–Kier alpha value is -1.13. The lowest BCUT2D eigenvalue weighted by molar-refractivity contribution is -0.125. The molecular weight excluding hydrogens is 250 g/mol. The molecule has 1 aliphatic heterocycles. The molecule has 0 saturated carbocycles. The van der Waals surface area contributed by atoms with E-state index in [4.69, 9.17) is 11.6 Å². The van der Waals surface area contributed by atoms with Crippen LogP contribution in [-0.4, -0.2) is 24.0 Å². The standard InChI is InChI=1S/C13H18ClN3O/c1-2-5-13(6-7-15-9-13)12(18)17-11-4-3-10(14)8-16-11/h3-4,8,15H,2,5-7,9H2,1H3,(H,16,17,18). The average Bonchev–Trinajstić information content (AvgIpc) is 2.82. The number of rotatable bonds is 4. The van der Waals surface area contributed by atoms with Gasteiger partial charge in [0.05, 0.1) is 10.4 Å². The van der Waals surface area contributed by atoms with Gasteiger partial charge in [0.2, 0.25) is 5.91 Å². The van der Waals surface area contributed by atoms with Crippen LogP contribution in [0.1, 0.15) is 26.2 Å². The van der Waals surface area contributed by atoms with Gasteiger partial charge in [-0.3, -0.25) is 4.79 Å². The van der Waals surface area contributed by atoms with Crippen LogP contribution in [0.5, 0.6) is 0 Å². The molecule has 1 unspecified atom stereocenters. The average molecular weight is 268 g/mol. The molecule has 98 valence electrons. The number of nitrogens with one attached hydrogen (secondary N) is 2. The molecule has 0 bridgehead atoms. The van der Waals surface area contributed by atoms with Gasteiger partial charge in [-0.2, -0.15) is 0 Å². The molecule has 1 aliphatic rings. The van der Waals surface area contributed by atoms with E-state index in [2.05, 4.69) is 22.5 Å². The molecule has 4 nitrogen and oxygen atoms in total. The first-order chi connectivity index (χ1) is 8.66. The van der Waals surface area contributed by atoms with E-state index in [1.165, 1.54) is 6.20 Å². The summed E-state index contributed by atoms with van der Waals surface area (Å²) in [7, 11) is 0. The molecule has 1 aromatic rings. The minimum absolute atomic E-state index is 0.0594. The highest BCUT2D eigenvalue weighted by Gasteiger charge is 2.40. The topological polar surface area (TPSA) is 54.0 Å². The first-order valence-electron chi connectivity index (χ1n) is 6.30. The molecular formula is C13H18ClN3O. The van der Waals surface area contributed by atoms with Crippen molar-refractivity contribution in [2.24, 2.45) is 5.41 Å². The van der Waals surface area contributed by atoms with Crippen LogP contribution < -0.4 is 10.6 Å². The number of hydrogen-bond acceptors (Lipinski definition) is 3. The van der Waals surface area contributed by atoms with E-state index in [1.807, 2.05) is 0 Å². The van der Waals surface area contributed by atoms with Gasteiger partial charge in [0.1, 0.15) is 5.82 Å². The van der Waals surface area contributed by atoms with Crippen LogP contribution in [-0.2, 0) is 4.79 Å². The van der Waals surface area contributed by atoms with Gasteiger partial charge in [0.15, 0.2) is 0 Å². The van der Waals surface area contributed by atoms with Crippen LogP contribution in [0, 0.1) is 5.41 Å². The summed E-state index contributed by atoms with van der Waals surface area (Å²) in [6, 6.07) is 3.45. The van der Waals surface area contributed by atoms with Crippen molar-refractivity contribution in [3.8, 4) is 0 Å². The van der Waals surface area contributed by atoms with Gasteiger partial charge in [-0.25, -0.2) is 4.98 Å². The molecule has 1 atom stereocenters.